The second-order valence-electron chi connectivity index (χ2n) is 6.56. The maximum Gasteiger partial charge on any atom is 0.295 e. The molecule has 0 saturated carbocycles. The summed E-state index contributed by atoms with van der Waals surface area (Å²) in [6, 6.07) is 9.07. The number of aryl methyl sites for hydroxylation is 1. The number of nitrogens with zero attached hydrogens (tertiary/aromatic N) is 2. The molecule has 0 saturated heterocycles. The van der Waals surface area contributed by atoms with E-state index in [0.29, 0.717) is 27.7 Å². The van der Waals surface area contributed by atoms with E-state index in [4.69, 9.17) is 14.0 Å². The minimum absolute atomic E-state index is 0.0321. The number of anilines is 1. The first-order valence-corrected chi connectivity index (χ1v) is 9.84. The van der Waals surface area contributed by atoms with E-state index in [0.717, 1.165) is 0 Å². The van der Waals surface area contributed by atoms with Gasteiger partial charge in [-0.25, -0.2) is 0 Å². The predicted molar refractivity (Wildman–Crippen MR) is 109 cm³/mol. The Kier molecular flexibility index (Phi) is 5.04. The molecule has 1 atom stereocenters. The maximum absolute atomic E-state index is 13.2. The van der Waals surface area contributed by atoms with Crippen LogP contribution in [0.25, 0.3) is 0 Å². The van der Waals surface area contributed by atoms with Crippen molar-refractivity contribution in [3.05, 3.63) is 69.3 Å². The molecule has 9 heteroatoms. The second-order valence-corrected chi connectivity index (χ2v) is 7.50. The standard InChI is InChI=1S/C21H18N2O6S/c1-11-9-16(22-29-11)23-18(12-6-7-13(27-2)14(10-12)28-3)17(20(25)21(23)26)19(24)15-5-4-8-30-15/h4-10,18,25H,1-3H3/t18-/m1/s1. The van der Waals surface area contributed by atoms with Crippen molar-refractivity contribution < 1.29 is 28.7 Å². The van der Waals surface area contributed by atoms with Crippen LogP contribution >= 0.6 is 11.3 Å². The number of hydrogen-bond donors (Lipinski definition) is 1. The highest BCUT2D eigenvalue weighted by Crippen LogP contribution is 2.43. The minimum Gasteiger partial charge on any atom is -0.503 e. The van der Waals surface area contributed by atoms with Crippen LogP contribution in [0.4, 0.5) is 5.82 Å². The Morgan fingerprint density at radius 1 is 1.20 bits per heavy atom. The SMILES string of the molecule is COc1ccc([C@@H]2C(C(=O)c3cccs3)=C(O)C(=O)N2c2cc(C)on2)cc1OC. The molecular weight excluding hydrogens is 408 g/mol. The molecule has 30 heavy (non-hydrogen) atoms. The molecule has 0 fully saturated rings. The van der Waals surface area contributed by atoms with Crippen LogP contribution in [0.3, 0.4) is 0 Å². The molecule has 0 unspecified atom stereocenters. The Balaban J connectivity index is 1.90. The van der Waals surface area contributed by atoms with Gasteiger partial charge < -0.3 is 19.1 Å². The van der Waals surface area contributed by atoms with E-state index < -0.39 is 23.5 Å². The van der Waals surface area contributed by atoms with Gasteiger partial charge in [-0.05, 0) is 36.1 Å². The number of benzene rings is 1. The van der Waals surface area contributed by atoms with Crippen molar-refractivity contribution in [2.75, 3.05) is 19.1 Å². The van der Waals surface area contributed by atoms with Crippen molar-refractivity contribution in [1.82, 2.24) is 5.16 Å². The predicted octanol–water partition coefficient (Wildman–Crippen LogP) is 3.84. The van der Waals surface area contributed by atoms with Crippen molar-refractivity contribution in [3.8, 4) is 11.5 Å². The normalized spacial score (nSPS) is 16.3. The molecule has 8 nitrogen and oxygen atoms in total. The van der Waals surface area contributed by atoms with Gasteiger partial charge in [0.2, 0.25) is 5.78 Å². The molecule has 1 aliphatic heterocycles. The van der Waals surface area contributed by atoms with Gasteiger partial charge in [-0.3, -0.25) is 14.5 Å². The molecule has 0 spiro atoms. The molecule has 4 rings (SSSR count). The van der Waals surface area contributed by atoms with Gasteiger partial charge in [0.1, 0.15) is 5.76 Å². The quantitative estimate of drug-likeness (QED) is 0.598. The smallest absolute Gasteiger partial charge is 0.295 e. The van der Waals surface area contributed by atoms with Gasteiger partial charge in [0.05, 0.1) is 30.7 Å². The maximum atomic E-state index is 13.2. The summed E-state index contributed by atoms with van der Waals surface area (Å²) in [5.74, 6) is -0.184. The molecule has 1 aliphatic rings. The summed E-state index contributed by atoms with van der Waals surface area (Å²) in [6.45, 7) is 1.69. The van der Waals surface area contributed by atoms with Crippen molar-refractivity contribution in [1.29, 1.82) is 0 Å². The number of carbonyl (C=O) groups is 2. The van der Waals surface area contributed by atoms with Crippen LogP contribution in [-0.4, -0.2) is 36.2 Å². The van der Waals surface area contributed by atoms with Crippen LogP contribution < -0.4 is 14.4 Å². The number of ether oxygens (including phenoxy) is 2. The largest absolute Gasteiger partial charge is 0.503 e. The Hall–Kier alpha value is -3.59. The molecular formula is C21H18N2O6S. The van der Waals surface area contributed by atoms with Crippen LogP contribution in [0, 0.1) is 6.92 Å². The van der Waals surface area contributed by atoms with Gasteiger partial charge in [0.25, 0.3) is 5.91 Å². The van der Waals surface area contributed by atoms with E-state index in [1.165, 1.54) is 30.5 Å². The fourth-order valence-electron chi connectivity index (χ4n) is 3.42. The number of thiophene rings is 1. The monoisotopic (exact) mass is 426 g/mol. The molecule has 3 heterocycles. The molecule has 3 aromatic rings. The van der Waals surface area contributed by atoms with E-state index in [-0.39, 0.29) is 11.4 Å². The van der Waals surface area contributed by atoms with E-state index in [1.807, 2.05) is 0 Å². The van der Waals surface area contributed by atoms with Crippen molar-refractivity contribution in [2.24, 2.45) is 0 Å². The van der Waals surface area contributed by atoms with Gasteiger partial charge in [-0.2, -0.15) is 0 Å². The number of aliphatic hydroxyl groups is 1. The molecule has 154 valence electrons. The van der Waals surface area contributed by atoms with Crippen molar-refractivity contribution >= 4 is 28.8 Å². The third kappa shape index (κ3) is 3.13. The summed E-state index contributed by atoms with van der Waals surface area (Å²) in [4.78, 5) is 27.9. The number of rotatable bonds is 6. The van der Waals surface area contributed by atoms with Gasteiger partial charge >= 0.3 is 0 Å². The summed E-state index contributed by atoms with van der Waals surface area (Å²) in [5, 5.41) is 16.4. The number of hydrogen-bond acceptors (Lipinski definition) is 8. The number of carbonyl (C=O) groups excluding carboxylic acids is 2. The first kappa shape index (κ1) is 19.7. The van der Waals surface area contributed by atoms with Crippen LogP contribution in [-0.2, 0) is 4.79 Å². The third-order valence-corrected chi connectivity index (χ3v) is 5.65. The summed E-state index contributed by atoms with van der Waals surface area (Å²) < 4.78 is 15.8. The number of aliphatic hydroxyl groups excluding tert-OH is 1. The van der Waals surface area contributed by atoms with E-state index in [1.54, 1.807) is 48.7 Å². The molecule has 1 amide bonds. The summed E-state index contributed by atoms with van der Waals surface area (Å²) in [6.07, 6.45) is 0. The zero-order valence-corrected chi connectivity index (χ0v) is 17.2. The van der Waals surface area contributed by atoms with E-state index in [2.05, 4.69) is 5.16 Å². The fraction of sp³-hybridized carbons (Fsp3) is 0.190. The van der Waals surface area contributed by atoms with E-state index >= 15 is 0 Å². The van der Waals surface area contributed by atoms with Crippen LogP contribution in [0.1, 0.15) is 27.0 Å². The van der Waals surface area contributed by atoms with Gasteiger partial charge in [0, 0.05) is 6.07 Å². The highest BCUT2D eigenvalue weighted by Gasteiger charge is 2.46. The number of Topliss-reactive ketones (excluding diaryl/α,β-unsaturated/α-hetero) is 1. The summed E-state index contributed by atoms with van der Waals surface area (Å²) >= 11 is 1.23. The van der Waals surface area contributed by atoms with Gasteiger partial charge in [0.15, 0.2) is 23.1 Å². The number of amides is 1. The van der Waals surface area contributed by atoms with Crippen molar-refractivity contribution in [3.63, 3.8) is 0 Å². The molecule has 0 aliphatic carbocycles. The molecule has 2 aromatic heterocycles. The van der Waals surface area contributed by atoms with Crippen molar-refractivity contribution in [2.45, 2.75) is 13.0 Å². The molecule has 0 bridgehead atoms. The van der Waals surface area contributed by atoms with Crippen LogP contribution in [0.2, 0.25) is 0 Å². The van der Waals surface area contributed by atoms with Gasteiger partial charge in [-0.15, -0.1) is 11.3 Å². The first-order chi connectivity index (χ1) is 14.5. The first-order valence-electron chi connectivity index (χ1n) is 8.96. The Morgan fingerprint density at radius 3 is 2.57 bits per heavy atom. The lowest BCUT2D eigenvalue weighted by molar-refractivity contribution is -0.117. The second kappa shape index (κ2) is 7.68. The Labute approximate surface area is 175 Å². The number of methoxy groups -OCH3 is 2. The average Bonchev–Trinajstić information content (AvgIpc) is 3.48. The highest BCUT2D eigenvalue weighted by molar-refractivity contribution is 7.12. The van der Waals surface area contributed by atoms with Crippen LogP contribution in [0.15, 0.2) is 57.6 Å². The summed E-state index contributed by atoms with van der Waals surface area (Å²) in [7, 11) is 3.00. The Morgan fingerprint density at radius 2 is 1.97 bits per heavy atom. The lowest BCUT2D eigenvalue weighted by atomic mass is 9.95. The molecule has 1 aromatic carbocycles. The topological polar surface area (TPSA) is 102 Å². The number of ketones is 1. The Bertz CT molecular complexity index is 1150. The highest BCUT2D eigenvalue weighted by atomic mass is 32.1. The summed E-state index contributed by atoms with van der Waals surface area (Å²) in [5.41, 5.74) is 0.515. The minimum atomic E-state index is -0.920. The number of aromatic nitrogens is 1. The lowest BCUT2D eigenvalue weighted by Crippen LogP contribution is -2.31. The zero-order valence-electron chi connectivity index (χ0n) is 16.4. The average molecular weight is 426 g/mol. The lowest BCUT2D eigenvalue weighted by Gasteiger charge is -2.25. The van der Waals surface area contributed by atoms with Gasteiger partial charge in [-0.1, -0.05) is 17.3 Å². The zero-order chi connectivity index (χ0) is 21.4. The molecule has 0 radical (unpaired) electrons. The van der Waals surface area contributed by atoms with E-state index in [9.17, 15) is 14.7 Å². The van der Waals surface area contributed by atoms with Crippen LogP contribution in [0.5, 0.6) is 11.5 Å². The fourth-order valence-corrected chi connectivity index (χ4v) is 4.10. The molecule has 1 N–H and O–H groups in total. The third-order valence-electron chi connectivity index (χ3n) is 4.78.